The lowest BCUT2D eigenvalue weighted by Crippen LogP contribution is -2.44. The molecule has 1 fully saturated rings. The van der Waals surface area contributed by atoms with Crippen molar-refractivity contribution in [2.45, 2.75) is 45.2 Å². The molecule has 0 bridgehead atoms. The topological polar surface area (TPSA) is 36.1 Å². The van der Waals surface area contributed by atoms with Crippen LogP contribution in [0.2, 0.25) is 0 Å². The predicted molar refractivity (Wildman–Crippen MR) is 61.7 cm³/mol. The molecule has 0 aromatic rings. The van der Waals surface area contributed by atoms with Gasteiger partial charge in [0.1, 0.15) is 0 Å². The van der Waals surface area contributed by atoms with Crippen LogP contribution in [0.3, 0.4) is 0 Å². The first-order chi connectivity index (χ1) is 6.83. The third kappa shape index (κ3) is 4.94. The van der Waals surface area contributed by atoms with Gasteiger partial charge in [0, 0.05) is 12.1 Å². The summed E-state index contributed by atoms with van der Waals surface area (Å²) in [4.78, 5) is 0. The lowest BCUT2D eigenvalue weighted by atomic mass is 10.1. The molecule has 1 saturated heterocycles. The third-order valence-electron chi connectivity index (χ3n) is 2.86. The summed E-state index contributed by atoms with van der Waals surface area (Å²) in [6.45, 7) is 9.02. The van der Waals surface area contributed by atoms with Crippen molar-refractivity contribution >= 4 is 0 Å². The molecule has 0 aliphatic carbocycles. The summed E-state index contributed by atoms with van der Waals surface area (Å²) in [7, 11) is 0. The predicted octanol–water partition coefficient (Wildman–Crippen LogP) is 0.716. The quantitative estimate of drug-likeness (QED) is 0.552. The van der Waals surface area contributed by atoms with Crippen molar-refractivity contribution < 1.29 is 0 Å². The summed E-state index contributed by atoms with van der Waals surface area (Å²) in [5.41, 5.74) is 0. The van der Waals surface area contributed by atoms with Crippen LogP contribution in [0, 0.1) is 0 Å². The molecule has 0 aromatic carbocycles. The van der Waals surface area contributed by atoms with Crippen LogP contribution in [0.4, 0.5) is 0 Å². The van der Waals surface area contributed by atoms with Crippen LogP contribution in [0.5, 0.6) is 0 Å². The zero-order valence-electron chi connectivity index (χ0n) is 9.60. The highest BCUT2D eigenvalue weighted by Crippen LogP contribution is 2.04. The van der Waals surface area contributed by atoms with Crippen LogP contribution in [0.15, 0.2) is 0 Å². The monoisotopic (exact) mass is 199 g/mol. The maximum Gasteiger partial charge on any atom is 0.00937 e. The van der Waals surface area contributed by atoms with E-state index in [0.29, 0.717) is 6.04 Å². The van der Waals surface area contributed by atoms with Gasteiger partial charge in [0.2, 0.25) is 0 Å². The van der Waals surface area contributed by atoms with E-state index >= 15 is 0 Å². The second kappa shape index (κ2) is 7.21. The summed E-state index contributed by atoms with van der Waals surface area (Å²) in [5.74, 6) is 0. The van der Waals surface area contributed by atoms with Gasteiger partial charge in [-0.25, -0.2) is 0 Å². The Balaban J connectivity index is 2.03. The molecule has 3 N–H and O–H groups in total. The van der Waals surface area contributed by atoms with Gasteiger partial charge in [0.15, 0.2) is 0 Å². The van der Waals surface area contributed by atoms with Gasteiger partial charge in [0.25, 0.3) is 0 Å². The van der Waals surface area contributed by atoms with E-state index in [9.17, 15) is 0 Å². The van der Waals surface area contributed by atoms with Gasteiger partial charge in [-0.05, 0) is 52.4 Å². The minimum Gasteiger partial charge on any atom is -0.317 e. The maximum atomic E-state index is 3.70. The molecule has 0 radical (unpaired) electrons. The first-order valence-corrected chi connectivity index (χ1v) is 6.00. The third-order valence-corrected chi connectivity index (χ3v) is 2.86. The van der Waals surface area contributed by atoms with Crippen molar-refractivity contribution in [2.24, 2.45) is 0 Å². The Hall–Kier alpha value is -0.120. The molecule has 3 nitrogen and oxygen atoms in total. The Morgan fingerprint density at radius 3 is 2.71 bits per heavy atom. The van der Waals surface area contributed by atoms with E-state index in [-0.39, 0.29) is 0 Å². The minimum atomic E-state index is 0.650. The van der Waals surface area contributed by atoms with Crippen LogP contribution in [0.1, 0.15) is 33.1 Å². The van der Waals surface area contributed by atoms with Gasteiger partial charge in [-0.15, -0.1) is 0 Å². The summed E-state index contributed by atoms with van der Waals surface area (Å²) < 4.78 is 0. The Bertz CT molecular complexity index is 132. The summed E-state index contributed by atoms with van der Waals surface area (Å²) in [6, 6.07) is 1.39. The van der Waals surface area contributed by atoms with Gasteiger partial charge in [-0.3, -0.25) is 0 Å². The average Bonchev–Trinajstić information content (AvgIpc) is 2.20. The smallest absolute Gasteiger partial charge is 0.00937 e. The van der Waals surface area contributed by atoms with Crippen molar-refractivity contribution in [3.63, 3.8) is 0 Å². The highest BCUT2D eigenvalue weighted by molar-refractivity contribution is 4.77. The Kier molecular flexibility index (Phi) is 6.15. The van der Waals surface area contributed by atoms with E-state index in [4.69, 9.17) is 0 Å². The fourth-order valence-corrected chi connectivity index (χ4v) is 1.97. The molecule has 1 heterocycles. The molecule has 0 aromatic heterocycles. The lowest BCUT2D eigenvalue weighted by Gasteiger charge is -2.27. The van der Waals surface area contributed by atoms with Gasteiger partial charge in [-0.2, -0.15) is 0 Å². The van der Waals surface area contributed by atoms with E-state index in [1.165, 1.54) is 32.4 Å². The SMILES string of the molecule is CCNCCC(C)NC1CCNCC1. The molecule has 0 amide bonds. The van der Waals surface area contributed by atoms with Gasteiger partial charge in [0.05, 0.1) is 0 Å². The van der Waals surface area contributed by atoms with E-state index in [1.807, 2.05) is 0 Å². The summed E-state index contributed by atoms with van der Waals surface area (Å²) >= 11 is 0. The fraction of sp³-hybridized carbons (Fsp3) is 1.00. The van der Waals surface area contributed by atoms with Crippen LogP contribution in [0.25, 0.3) is 0 Å². The number of rotatable bonds is 6. The zero-order chi connectivity index (χ0) is 10.2. The van der Waals surface area contributed by atoms with E-state index < -0.39 is 0 Å². The van der Waals surface area contributed by atoms with Gasteiger partial charge >= 0.3 is 0 Å². The summed E-state index contributed by atoms with van der Waals surface area (Å²) in [5, 5.41) is 10.4. The van der Waals surface area contributed by atoms with Gasteiger partial charge < -0.3 is 16.0 Å². The highest BCUT2D eigenvalue weighted by atomic mass is 15.0. The molecule has 1 rings (SSSR count). The molecule has 0 spiro atoms. The average molecular weight is 199 g/mol. The number of nitrogens with one attached hydrogen (secondary N) is 3. The van der Waals surface area contributed by atoms with Crippen LogP contribution in [-0.2, 0) is 0 Å². The van der Waals surface area contributed by atoms with Crippen LogP contribution < -0.4 is 16.0 Å². The summed E-state index contributed by atoms with van der Waals surface area (Å²) in [6.07, 6.45) is 3.80. The molecular formula is C11H25N3. The Labute approximate surface area is 88.0 Å². The Morgan fingerprint density at radius 2 is 2.07 bits per heavy atom. The second-order valence-corrected chi connectivity index (χ2v) is 4.23. The molecule has 14 heavy (non-hydrogen) atoms. The van der Waals surface area contributed by atoms with Crippen molar-refractivity contribution in [1.29, 1.82) is 0 Å². The molecule has 1 unspecified atom stereocenters. The standard InChI is InChI=1S/C11H25N3/c1-3-12-7-4-10(2)14-11-5-8-13-9-6-11/h10-14H,3-9H2,1-2H3. The van der Waals surface area contributed by atoms with Gasteiger partial charge in [-0.1, -0.05) is 6.92 Å². The maximum absolute atomic E-state index is 3.70. The molecule has 3 heteroatoms. The first kappa shape index (κ1) is 12.0. The molecule has 0 saturated carbocycles. The largest absolute Gasteiger partial charge is 0.317 e. The Morgan fingerprint density at radius 1 is 1.36 bits per heavy atom. The van der Waals surface area contributed by atoms with E-state index in [0.717, 1.165) is 19.1 Å². The molecule has 1 aliphatic rings. The molecule has 1 atom stereocenters. The first-order valence-electron chi connectivity index (χ1n) is 6.00. The number of piperidine rings is 1. The normalized spacial score (nSPS) is 21.0. The van der Waals surface area contributed by atoms with E-state index in [2.05, 4.69) is 29.8 Å². The molecular weight excluding hydrogens is 174 g/mol. The van der Waals surface area contributed by atoms with Crippen molar-refractivity contribution in [1.82, 2.24) is 16.0 Å². The second-order valence-electron chi connectivity index (χ2n) is 4.23. The highest BCUT2D eigenvalue weighted by Gasteiger charge is 2.14. The molecule has 1 aliphatic heterocycles. The van der Waals surface area contributed by atoms with E-state index in [1.54, 1.807) is 0 Å². The van der Waals surface area contributed by atoms with Crippen LogP contribution in [-0.4, -0.2) is 38.3 Å². The molecule has 84 valence electrons. The minimum absolute atomic E-state index is 0.650. The fourth-order valence-electron chi connectivity index (χ4n) is 1.97. The van der Waals surface area contributed by atoms with Crippen molar-refractivity contribution in [3.05, 3.63) is 0 Å². The number of hydrogen-bond donors (Lipinski definition) is 3. The van der Waals surface area contributed by atoms with Crippen molar-refractivity contribution in [2.75, 3.05) is 26.2 Å². The van der Waals surface area contributed by atoms with Crippen molar-refractivity contribution in [3.8, 4) is 0 Å². The number of hydrogen-bond acceptors (Lipinski definition) is 3. The zero-order valence-corrected chi connectivity index (χ0v) is 9.60. The lowest BCUT2D eigenvalue weighted by molar-refractivity contribution is 0.346. The van der Waals surface area contributed by atoms with Crippen LogP contribution >= 0.6 is 0 Å².